The third-order valence-electron chi connectivity index (χ3n) is 2.39. The normalized spacial score (nSPS) is 9.74. The molecule has 19 heavy (non-hydrogen) atoms. The summed E-state index contributed by atoms with van der Waals surface area (Å²) in [5.74, 6) is 1.13. The summed E-state index contributed by atoms with van der Waals surface area (Å²) in [7, 11) is 0. The molecule has 0 spiro atoms. The van der Waals surface area contributed by atoms with E-state index in [-0.39, 0.29) is 0 Å². The Morgan fingerprint density at radius 3 is 2.37 bits per heavy atom. The Morgan fingerprint density at radius 1 is 1.11 bits per heavy atom. The number of rotatable bonds is 3. The summed E-state index contributed by atoms with van der Waals surface area (Å²) < 4.78 is 7.10. The third kappa shape index (κ3) is 3.22. The fraction of sp³-hybridized carbons (Fsp3) is 0. The first-order valence-corrected chi connectivity index (χ1v) is 6.85. The summed E-state index contributed by atoms with van der Waals surface area (Å²) in [6.45, 7) is 0. The maximum absolute atomic E-state index is 10.9. The lowest BCUT2D eigenvalue weighted by Gasteiger charge is -2.09. The highest BCUT2D eigenvalue weighted by Crippen LogP contribution is 2.34. The minimum atomic E-state index is 0.506. The molecule has 0 bridgehead atoms. The van der Waals surface area contributed by atoms with Gasteiger partial charge in [-0.2, -0.15) is 5.26 Å². The predicted octanol–water partition coefficient (Wildman–Crippen LogP) is 4.69. The van der Waals surface area contributed by atoms with Gasteiger partial charge in [-0.25, -0.2) is 0 Å². The van der Waals surface area contributed by atoms with E-state index in [1.54, 1.807) is 36.4 Å². The Morgan fingerprint density at radius 2 is 1.79 bits per heavy atom. The molecule has 0 aliphatic carbocycles. The second-order valence-corrected chi connectivity index (χ2v) is 5.37. The number of hydrogen-bond donors (Lipinski definition) is 0. The highest BCUT2D eigenvalue weighted by atomic mass is 79.9. The zero-order chi connectivity index (χ0) is 13.8. The zero-order valence-electron chi connectivity index (χ0n) is 9.56. The van der Waals surface area contributed by atoms with E-state index in [2.05, 4.69) is 31.9 Å². The molecule has 0 amide bonds. The van der Waals surface area contributed by atoms with Crippen LogP contribution in [0.1, 0.15) is 15.9 Å². The molecule has 0 radical (unpaired) electrons. The molecular weight excluding hydrogens is 374 g/mol. The van der Waals surface area contributed by atoms with E-state index in [9.17, 15) is 4.79 Å². The Kier molecular flexibility index (Phi) is 4.35. The molecule has 0 atom stereocenters. The number of ether oxygens (including phenoxy) is 1. The molecule has 0 aromatic heterocycles. The van der Waals surface area contributed by atoms with Gasteiger partial charge in [-0.15, -0.1) is 0 Å². The number of nitriles is 1. The minimum Gasteiger partial charge on any atom is -0.456 e. The van der Waals surface area contributed by atoms with E-state index in [0.717, 1.165) is 10.8 Å². The van der Waals surface area contributed by atoms with Crippen LogP contribution < -0.4 is 4.74 Å². The van der Waals surface area contributed by atoms with Crippen LogP contribution in [0.25, 0.3) is 0 Å². The van der Waals surface area contributed by atoms with Gasteiger partial charge in [0.25, 0.3) is 0 Å². The van der Waals surface area contributed by atoms with Crippen LogP contribution >= 0.6 is 31.9 Å². The molecule has 2 aromatic carbocycles. The van der Waals surface area contributed by atoms with Crippen LogP contribution in [0.2, 0.25) is 0 Å². The van der Waals surface area contributed by atoms with Crippen molar-refractivity contribution in [1.29, 1.82) is 5.26 Å². The average Bonchev–Trinajstić information content (AvgIpc) is 2.42. The van der Waals surface area contributed by atoms with E-state index in [4.69, 9.17) is 10.00 Å². The van der Waals surface area contributed by atoms with E-state index in [1.165, 1.54) is 0 Å². The highest BCUT2D eigenvalue weighted by molar-refractivity contribution is 9.11. The van der Waals surface area contributed by atoms with Gasteiger partial charge >= 0.3 is 0 Å². The molecule has 5 heteroatoms. The SMILES string of the molecule is N#Cc1ccc(Oc2cc(C=O)c(Br)cc2Br)cc1. The average molecular weight is 381 g/mol. The Labute approximate surface area is 127 Å². The number of halogens is 2. The van der Waals surface area contributed by atoms with Crippen LogP contribution in [-0.4, -0.2) is 6.29 Å². The molecule has 2 rings (SSSR count). The van der Waals surface area contributed by atoms with Crippen molar-refractivity contribution in [3.8, 4) is 17.6 Å². The number of benzene rings is 2. The number of carbonyl (C=O) groups is 1. The van der Waals surface area contributed by atoms with Gasteiger partial charge in [-0.1, -0.05) is 15.9 Å². The summed E-state index contributed by atoms with van der Waals surface area (Å²) in [5, 5.41) is 8.72. The van der Waals surface area contributed by atoms with Crippen LogP contribution in [0.3, 0.4) is 0 Å². The lowest BCUT2D eigenvalue weighted by Crippen LogP contribution is -1.90. The van der Waals surface area contributed by atoms with Crippen molar-refractivity contribution in [1.82, 2.24) is 0 Å². The fourth-order valence-electron chi connectivity index (χ4n) is 1.44. The highest BCUT2D eigenvalue weighted by Gasteiger charge is 2.08. The van der Waals surface area contributed by atoms with Crippen molar-refractivity contribution in [2.45, 2.75) is 0 Å². The summed E-state index contributed by atoms with van der Waals surface area (Å²) in [4.78, 5) is 10.9. The van der Waals surface area contributed by atoms with E-state index in [0.29, 0.717) is 27.1 Å². The second-order valence-electron chi connectivity index (χ2n) is 3.66. The number of nitrogens with zero attached hydrogens (tertiary/aromatic N) is 1. The summed E-state index contributed by atoms with van der Waals surface area (Å²) in [5.41, 5.74) is 1.07. The molecule has 2 aromatic rings. The van der Waals surface area contributed by atoms with Gasteiger partial charge in [0.15, 0.2) is 6.29 Å². The summed E-state index contributed by atoms with van der Waals surface area (Å²) >= 11 is 6.67. The van der Waals surface area contributed by atoms with Crippen LogP contribution in [-0.2, 0) is 0 Å². The Bertz CT molecular complexity index is 660. The van der Waals surface area contributed by atoms with Crippen molar-refractivity contribution in [2.75, 3.05) is 0 Å². The van der Waals surface area contributed by atoms with E-state index in [1.807, 2.05) is 6.07 Å². The first-order valence-electron chi connectivity index (χ1n) is 5.26. The molecule has 0 N–H and O–H groups in total. The zero-order valence-corrected chi connectivity index (χ0v) is 12.7. The molecule has 0 aliphatic rings. The predicted molar refractivity (Wildman–Crippen MR) is 78.5 cm³/mol. The van der Waals surface area contributed by atoms with Crippen molar-refractivity contribution >= 4 is 38.1 Å². The monoisotopic (exact) mass is 379 g/mol. The quantitative estimate of drug-likeness (QED) is 0.726. The number of carbonyl (C=O) groups excluding carboxylic acids is 1. The van der Waals surface area contributed by atoms with Gasteiger partial charge in [0.1, 0.15) is 11.5 Å². The molecule has 0 aliphatic heterocycles. The standard InChI is InChI=1S/C14H7Br2NO2/c15-12-6-13(16)14(5-10(12)8-18)19-11-3-1-9(7-17)2-4-11/h1-6,8H. The van der Waals surface area contributed by atoms with Gasteiger partial charge < -0.3 is 4.74 Å². The van der Waals surface area contributed by atoms with Crippen molar-refractivity contribution in [3.63, 3.8) is 0 Å². The number of hydrogen-bond acceptors (Lipinski definition) is 3. The molecule has 0 unspecified atom stereocenters. The largest absolute Gasteiger partial charge is 0.456 e. The summed E-state index contributed by atoms with van der Waals surface area (Å²) in [6, 6.07) is 12.2. The fourth-order valence-corrected chi connectivity index (χ4v) is 2.61. The first-order chi connectivity index (χ1) is 9.13. The smallest absolute Gasteiger partial charge is 0.151 e. The van der Waals surface area contributed by atoms with Gasteiger partial charge in [0, 0.05) is 10.0 Å². The molecular formula is C14H7Br2NO2. The van der Waals surface area contributed by atoms with E-state index < -0.39 is 0 Å². The van der Waals surface area contributed by atoms with Crippen molar-refractivity contribution in [3.05, 3.63) is 56.5 Å². The Hall–Kier alpha value is -1.64. The lowest BCUT2D eigenvalue weighted by molar-refractivity contribution is 0.112. The lowest BCUT2D eigenvalue weighted by atomic mass is 10.2. The molecule has 3 nitrogen and oxygen atoms in total. The number of aldehydes is 1. The van der Waals surface area contributed by atoms with Crippen LogP contribution in [0.4, 0.5) is 0 Å². The second kappa shape index (κ2) is 6.00. The maximum Gasteiger partial charge on any atom is 0.151 e. The van der Waals surface area contributed by atoms with Crippen LogP contribution in [0, 0.1) is 11.3 Å². The van der Waals surface area contributed by atoms with Crippen molar-refractivity contribution < 1.29 is 9.53 Å². The first kappa shape index (κ1) is 13.8. The Balaban J connectivity index is 2.32. The van der Waals surface area contributed by atoms with Gasteiger partial charge in [-0.05, 0) is 52.3 Å². The molecule has 0 saturated heterocycles. The molecule has 0 saturated carbocycles. The van der Waals surface area contributed by atoms with Crippen molar-refractivity contribution in [2.24, 2.45) is 0 Å². The van der Waals surface area contributed by atoms with Crippen LogP contribution in [0.5, 0.6) is 11.5 Å². The summed E-state index contributed by atoms with van der Waals surface area (Å²) in [6.07, 6.45) is 0.752. The topological polar surface area (TPSA) is 50.1 Å². The molecule has 0 fully saturated rings. The van der Waals surface area contributed by atoms with Crippen LogP contribution in [0.15, 0.2) is 45.3 Å². The minimum absolute atomic E-state index is 0.506. The van der Waals surface area contributed by atoms with Gasteiger partial charge in [-0.3, -0.25) is 4.79 Å². The maximum atomic E-state index is 10.9. The van der Waals surface area contributed by atoms with E-state index >= 15 is 0 Å². The molecule has 94 valence electrons. The van der Waals surface area contributed by atoms with Gasteiger partial charge in [0.2, 0.25) is 0 Å². The van der Waals surface area contributed by atoms with Gasteiger partial charge in [0.05, 0.1) is 16.1 Å². The third-order valence-corrected chi connectivity index (χ3v) is 3.70. The molecule has 0 heterocycles.